The second-order valence-electron chi connectivity index (χ2n) is 6.08. The molecule has 2 aromatic rings. The summed E-state index contributed by atoms with van der Waals surface area (Å²) in [7, 11) is 0. The standard InChI is InChI=1S/C21H23BrN2O5/c1-2-28-21(27)29-18-9-7-16(8-10-18)20(26)24-12-4-11-23-19(25)14-15-5-3-6-17(22)13-15/h3,5-10,13H,2,4,11-12,14H2,1H3,(H,23,25)(H,24,26). The molecule has 0 aliphatic heterocycles. The van der Waals surface area contributed by atoms with Crippen molar-refractivity contribution >= 4 is 33.9 Å². The van der Waals surface area contributed by atoms with Crippen LogP contribution in [-0.4, -0.2) is 37.7 Å². The van der Waals surface area contributed by atoms with Crippen LogP contribution in [0.5, 0.6) is 5.75 Å². The molecule has 154 valence electrons. The van der Waals surface area contributed by atoms with Crippen LogP contribution >= 0.6 is 15.9 Å². The highest BCUT2D eigenvalue weighted by molar-refractivity contribution is 9.10. The Balaban J connectivity index is 1.65. The first-order chi connectivity index (χ1) is 14.0. The zero-order chi connectivity index (χ0) is 21.1. The molecule has 8 heteroatoms. The van der Waals surface area contributed by atoms with Gasteiger partial charge in [0, 0.05) is 23.1 Å². The number of halogens is 1. The van der Waals surface area contributed by atoms with Crippen LogP contribution in [0.2, 0.25) is 0 Å². The number of benzene rings is 2. The van der Waals surface area contributed by atoms with E-state index < -0.39 is 6.16 Å². The molecule has 2 N–H and O–H groups in total. The van der Waals surface area contributed by atoms with Crippen LogP contribution in [0.1, 0.15) is 29.3 Å². The maximum Gasteiger partial charge on any atom is 0.513 e. The lowest BCUT2D eigenvalue weighted by Crippen LogP contribution is -2.30. The van der Waals surface area contributed by atoms with E-state index in [1.807, 2.05) is 24.3 Å². The molecule has 2 rings (SSSR count). The van der Waals surface area contributed by atoms with Gasteiger partial charge in [-0.05, 0) is 55.3 Å². The third-order valence-electron chi connectivity index (χ3n) is 3.79. The monoisotopic (exact) mass is 462 g/mol. The summed E-state index contributed by atoms with van der Waals surface area (Å²) < 4.78 is 10.6. The van der Waals surface area contributed by atoms with E-state index in [1.54, 1.807) is 19.1 Å². The van der Waals surface area contributed by atoms with E-state index in [1.165, 1.54) is 12.1 Å². The molecular weight excluding hydrogens is 440 g/mol. The summed E-state index contributed by atoms with van der Waals surface area (Å²) >= 11 is 3.38. The molecule has 2 amide bonds. The number of rotatable bonds is 9. The highest BCUT2D eigenvalue weighted by Gasteiger charge is 2.08. The maximum atomic E-state index is 12.1. The number of amides is 2. The smallest absolute Gasteiger partial charge is 0.434 e. The van der Waals surface area contributed by atoms with Crippen molar-refractivity contribution in [3.63, 3.8) is 0 Å². The lowest BCUT2D eigenvalue weighted by Gasteiger charge is -2.08. The van der Waals surface area contributed by atoms with Crippen LogP contribution in [0.4, 0.5) is 4.79 Å². The minimum absolute atomic E-state index is 0.0633. The molecule has 29 heavy (non-hydrogen) atoms. The highest BCUT2D eigenvalue weighted by Crippen LogP contribution is 2.13. The molecule has 0 aliphatic rings. The van der Waals surface area contributed by atoms with E-state index in [0.717, 1.165) is 10.0 Å². The zero-order valence-electron chi connectivity index (χ0n) is 16.1. The summed E-state index contributed by atoms with van der Waals surface area (Å²) in [5.74, 6) is -0.00656. The molecule has 0 aromatic heterocycles. The van der Waals surface area contributed by atoms with E-state index in [2.05, 4.69) is 31.3 Å². The van der Waals surface area contributed by atoms with Crippen molar-refractivity contribution in [2.45, 2.75) is 19.8 Å². The van der Waals surface area contributed by atoms with Gasteiger partial charge in [0.25, 0.3) is 5.91 Å². The number of ether oxygens (including phenoxy) is 2. The predicted molar refractivity (Wildman–Crippen MR) is 112 cm³/mol. The van der Waals surface area contributed by atoms with Crippen LogP contribution < -0.4 is 15.4 Å². The van der Waals surface area contributed by atoms with Crippen LogP contribution in [0.15, 0.2) is 53.0 Å². The minimum atomic E-state index is -0.786. The molecule has 2 aromatic carbocycles. The van der Waals surface area contributed by atoms with E-state index >= 15 is 0 Å². The molecule has 0 radical (unpaired) electrons. The first-order valence-electron chi connectivity index (χ1n) is 9.22. The van der Waals surface area contributed by atoms with Crippen LogP contribution in [0.3, 0.4) is 0 Å². The molecule has 0 fully saturated rings. The Morgan fingerprint density at radius 3 is 2.41 bits per heavy atom. The third-order valence-corrected chi connectivity index (χ3v) is 4.29. The SMILES string of the molecule is CCOC(=O)Oc1ccc(C(=O)NCCCNC(=O)Cc2cccc(Br)c2)cc1. The number of carbonyl (C=O) groups excluding carboxylic acids is 3. The van der Waals surface area contributed by atoms with Crippen LogP contribution in [0, 0.1) is 0 Å². The summed E-state index contributed by atoms with van der Waals surface area (Å²) in [6.07, 6.45) is 0.137. The number of hydrogen-bond donors (Lipinski definition) is 2. The van der Waals surface area contributed by atoms with E-state index in [-0.39, 0.29) is 18.4 Å². The van der Waals surface area contributed by atoms with Gasteiger partial charge < -0.3 is 20.1 Å². The van der Waals surface area contributed by atoms with Crippen molar-refractivity contribution in [2.75, 3.05) is 19.7 Å². The van der Waals surface area contributed by atoms with Crippen molar-refractivity contribution in [3.05, 3.63) is 64.1 Å². The maximum absolute atomic E-state index is 12.1. The average molecular weight is 463 g/mol. The van der Waals surface area contributed by atoms with Gasteiger partial charge in [0.15, 0.2) is 0 Å². The lowest BCUT2D eigenvalue weighted by molar-refractivity contribution is -0.120. The molecule has 7 nitrogen and oxygen atoms in total. The highest BCUT2D eigenvalue weighted by atomic mass is 79.9. The fourth-order valence-corrected chi connectivity index (χ4v) is 2.88. The summed E-state index contributed by atoms with van der Waals surface area (Å²) in [5.41, 5.74) is 1.38. The van der Waals surface area contributed by atoms with Gasteiger partial charge in [0.1, 0.15) is 5.75 Å². The fourth-order valence-electron chi connectivity index (χ4n) is 2.43. The lowest BCUT2D eigenvalue weighted by atomic mass is 10.1. The van der Waals surface area contributed by atoms with Crippen molar-refractivity contribution in [1.29, 1.82) is 0 Å². The third kappa shape index (κ3) is 8.35. The Morgan fingerprint density at radius 2 is 1.72 bits per heavy atom. The first-order valence-corrected chi connectivity index (χ1v) is 10.0. The molecule has 0 saturated carbocycles. The van der Waals surface area contributed by atoms with E-state index in [0.29, 0.717) is 37.2 Å². The van der Waals surface area contributed by atoms with E-state index in [9.17, 15) is 14.4 Å². The van der Waals surface area contributed by atoms with Gasteiger partial charge in [-0.2, -0.15) is 0 Å². The summed E-state index contributed by atoms with van der Waals surface area (Å²) in [6.45, 7) is 2.81. The topological polar surface area (TPSA) is 93.7 Å². The van der Waals surface area contributed by atoms with Gasteiger partial charge in [-0.15, -0.1) is 0 Å². The van der Waals surface area contributed by atoms with Gasteiger partial charge in [-0.25, -0.2) is 4.79 Å². The van der Waals surface area contributed by atoms with Gasteiger partial charge in [-0.1, -0.05) is 28.1 Å². The predicted octanol–water partition coefficient (Wildman–Crippen LogP) is 3.46. The molecule has 0 aliphatic carbocycles. The van der Waals surface area contributed by atoms with Gasteiger partial charge in [0.2, 0.25) is 5.91 Å². The van der Waals surface area contributed by atoms with Crippen molar-refractivity contribution in [2.24, 2.45) is 0 Å². The largest absolute Gasteiger partial charge is 0.513 e. The number of carbonyl (C=O) groups is 3. The first kappa shape index (κ1) is 22.4. The molecule has 0 heterocycles. The number of hydrogen-bond acceptors (Lipinski definition) is 5. The Kier molecular flexibility index (Phi) is 9.17. The zero-order valence-corrected chi connectivity index (χ0v) is 17.7. The second-order valence-corrected chi connectivity index (χ2v) is 6.99. The van der Waals surface area contributed by atoms with Crippen molar-refractivity contribution < 1.29 is 23.9 Å². The minimum Gasteiger partial charge on any atom is -0.434 e. The van der Waals surface area contributed by atoms with Crippen molar-refractivity contribution in [3.8, 4) is 5.75 Å². The van der Waals surface area contributed by atoms with Gasteiger partial charge >= 0.3 is 6.16 Å². The average Bonchev–Trinajstić information content (AvgIpc) is 2.68. The summed E-state index contributed by atoms with van der Waals surface area (Å²) in [5, 5.41) is 5.62. The molecule has 0 saturated heterocycles. The Bertz CT molecular complexity index is 839. The Hall–Kier alpha value is -2.87. The number of nitrogens with one attached hydrogen (secondary N) is 2. The van der Waals surface area contributed by atoms with E-state index in [4.69, 9.17) is 4.74 Å². The van der Waals surface area contributed by atoms with Crippen molar-refractivity contribution in [1.82, 2.24) is 10.6 Å². The molecular formula is C21H23BrN2O5. The van der Waals surface area contributed by atoms with Gasteiger partial charge in [0.05, 0.1) is 13.0 Å². The molecule has 0 bridgehead atoms. The van der Waals surface area contributed by atoms with Gasteiger partial charge in [-0.3, -0.25) is 9.59 Å². The van der Waals surface area contributed by atoms with Crippen LogP contribution in [-0.2, 0) is 16.0 Å². The molecule has 0 unspecified atom stereocenters. The quantitative estimate of drug-likeness (QED) is 0.338. The fraction of sp³-hybridized carbons (Fsp3) is 0.286. The molecule has 0 atom stereocenters. The Labute approximate surface area is 177 Å². The van der Waals surface area contributed by atoms with Crippen LogP contribution in [0.25, 0.3) is 0 Å². The second kappa shape index (κ2) is 11.9. The Morgan fingerprint density at radius 1 is 1.00 bits per heavy atom. The normalized spacial score (nSPS) is 10.1. The summed E-state index contributed by atoms with van der Waals surface area (Å²) in [4.78, 5) is 35.3. The molecule has 0 spiro atoms. The summed E-state index contributed by atoms with van der Waals surface area (Å²) in [6, 6.07) is 13.8.